The lowest BCUT2D eigenvalue weighted by Crippen LogP contribution is -2.60. The van der Waals surface area contributed by atoms with Gasteiger partial charge in [0.1, 0.15) is 19.9 Å². The minimum Gasteiger partial charge on any atom is -0.359 e. The molecule has 0 heterocycles. The molecule has 5 heteroatoms. The van der Waals surface area contributed by atoms with Gasteiger partial charge in [-0.15, -0.1) is 0 Å². The summed E-state index contributed by atoms with van der Waals surface area (Å²) in [6.07, 6.45) is 13.5. The van der Waals surface area contributed by atoms with Crippen molar-refractivity contribution in [2.45, 2.75) is 71.5 Å². The van der Waals surface area contributed by atoms with Crippen molar-refractivity contribution >= 4 is 6.29 Å². The lowest BCUT2D eigenvalue weighted by Gasteiger charge is -2.60. The third-order valence-corrected chi connectivity index (χ3v) is 9.44. The molecule has 6 atom stereocenters. The fraction of sp³-hybridized carbons (Fsp3) is 0.808. The van der Waals surface area contributed by atoms with Crippen LogP contribution in [0.1, 0.15) is 65.7 Å². The number of rotatable bonds is 8. The number of methoxy groups -OCH3 is 2. The highest BCUT2D eigenvalue weighted by Gasteiger charge is 2.64. The second-order valence-electron chi connectivity index (χ2n) is 10.6. The number of allylic oxidation sites excluding steroid dienone is 3. The van der Waals surface area contributed by atoms with Gasteiger partial charge in [0.05, 0.1) is 0 Å². The van der Waals surface area contributed by atoms with Crippen molar-refractivity contribution in [1.29, 1.82) is 0 Å². The summed E-state index contributed by atoms with van der Waals surface area (Å²) in [7, 11) is 3.33. The van der Waals surface area contributed by atoms with Crippen molar-refractivity contribution in [2.24, 2.45) is 34.5 Å². The highest BCUT2D eigenvalue weighted by atomic mass is 16.8. The maximum Gasteiger partial charge on any atom is 0.183 e. The summed E-state index contributed by atoms with van der Waals surface area (Å²) >= 11 is 0. The Hall–Kier alpha value is -1.01. The predicted octanol–water partition coefficient (Wildman–Crippen LogP) is 5.26. The van der Waals surface area contributed by atoms with Crippen molar-refractivity contribution in [1.82, 2.24) is 0 Å². The molecule has 0 saturated heterocycles. The maximum absolute atomic E-state index is 11.6. The van der Waals surface area contributed by atoms with Crippen LogP contribution in [0.4, 0.5) is 0 Å². The van der Waals surface area contributed by atoms with Crippen LogP contribution in [0, 0.1) is 34.5 Å². The molecule has 4 aliphatic rings. The van der Waals surface area contributed by atoms with E-state index in [-0.39, 0.29) is 30.3 Å². The molecule has 0 aliphatic heterocycles. The van der Waals surface area contributed by atoms with E-state index in [2.05, 4.69) is 32.9 Å². The first kappa shape index (κ1) is 23.2. The molecule has 0 aromatic heterocycles. The molecule has 0 N–H and O–H groups in total. The SMILES string of the molecule is COCOC1(OCOC)CCCC2=CC=C3[C@@H]4CC[C@H](C(C)C=O)[C@@]4(C)CC[C@@H]3[C@]21C. The molecular formula is C26H40O5. The maximum atomic E-state index is 11.6. The van der Waals surface area contributed by atoms with E-state index >= 15 is 0 Å². The number of carbonyl (C=O) groups is 1. The van der Waals surface area contributed by atoms with E-state index in [9.17, 15) is 4.79 Å². The van der Waals surface area contributed by atoms with E-state index in [1.54, 1.807) is 19.8 Å². The van der Waals surface area contributed by atoms with Gasteiger partial charge < -0.3 is 23.7 Å². The second kappa shape index (κ2) is 8.74. The van der Waals surface area contributed by atoms with E-state index in [1.165, 1.54) is 18.3 Å². The monoisotopic (exact) mass is 432 g/mol. The van der Waals surface area contributed by atoms with Crippen molar-refractivity contribution in [2.75, 3.05) is 27.8 Å². The van der Waals surface area contributed by atoms with Crippen molar-refractivity contribution < 1.29 is 23.7 Å². The quantitative estimate of drug-likeness (QED) is 0.387. The molecule has 0 radical (unpaired) electrons. The van der Waals surface area contributed by atoms with E-state index in [1.807, 2.05) is 0 Å². The first-order valence-electron chi connectivity index (χ1n) is 12.0. The van der Waals surface area contributed by atoms with Gasteiger partial charge in [-0.1, -0.05) is 44.1 Å². The number of aldehydes is 1. The average molecular weight is 433 g/mol. The van der Waals surface area contributed by atoms with Gasteiger partial charge in [-0.3, -0.25) is 0 Å². The summed E-state index contributed by atoms with van der Waals surface area (Å²) in [5.74, 6) is 0.749. The van der Waals surface area contributed by atoms with E-state index < -0.39 is 5.79 Å². The highest BCUT2D eigenvalue weighted by Crippen LogP contribution is 2.68. The van der Waals surface area contributed by atoms with Crippen LogP contribution in [-0.2, 0) is 23.7 Å². The van der Waals surface area contributed by atoms with Gasteiger partial charge in [0.25, 0.3) is 0 Å². The Balaban J connectivity index is 1.73. The molecule has 3 fully saturated rings. The Kier molecular flexibility index (Phi) is 6.53. The van der Waals surface area contributed by atoms with Gasteiger partial charge in [0.2, 0.25) is 0 Å². The number of fused-ring (bicyclic) bond motifs is 5. The summed E-state index contributed by atoms with van der Waals surface area (Å²) in [5.41, 5.74) is 2.93. The first-order chi connectivity index (χ1) is 14.9. The van der Waals surface area contributed by atoms with Gasteiger partial charge in [-0.05, 0) is 61.7 Å². The third-order valence-electron chi connectivity index (χ3n) is 9.44. The minimum absolute atomic E-state index is 0.126. The van der Waals surface area contributed by atoms with Crippen LogP contribution in [0.2, 0.25) is 0 Å². The fourth-order valence-electron chi connectivity index (χ4n) is 7.86. The Bertz CT molecular complexity index is 734. The molecule has 3 saturated carbocycles. The van der Waals surface area contributed by atoms with Crippen LogP contribution in [0.3, 0.4) is 0 Å². The summed E-state index contributed by atoms with van der Waals surface area (Å²) in [4.78, 5) is 11.6. The van der Waals surface area contributed by atoms with Crippen LogP contribution < -0.4 is 0 Å². The Morgan fingerprint density at radius 3 is 2.39 bits per heavy atom. The van der Waals surface area contributed by atoms with Crippen LogP contribution in [0.5, 0.6) is 0 Å². The molecule has 0 bridgehead atoms. The summed E-state index contributed by atoms with van der Waals surface area (Å²) in [5, 5.41) is 0. The molecule has 174 valence electrons. The summed E-state index contributed by atoms with van der Waals surface area (Å²) < 4.78 is 23.5. The molecule has 0 aromatic rings. The molecule has 5 nitrogen and oxygen atoms in total. The number of hydrogen-bond donors (Lipinski definition) is 0. The number of hydrogen-bond acceptors (Lipinski definition) is 5. The van der Waals surface area contributed by atoms with Crippen LogP contribution in [0.15, 0.2) is 23.3 Å². The van der Waals surface area contributed by atoms with Gasteiger partial charge in [0.15, 0.2) is 5.79 Å². The molecule has 0 spiro atoms. The molecule has 0 amide bonds. The Morgan fingerprint density at radius 1 is 1.03 bits per heavy atom. The van der Waals surface area contributed by atoms with Gasteiger partial charge in [-0.25, -0.2) is 0 Å². The molecule has 4 aliphatic carbocycles. The second-order valence-corrected chi connectivity index (χ2v) is 10.6. The van der Waals surface area contributed by atoms with Gasteiger partial charge >= 0.3 is 0 Å². The molecule has 1 unspecified atom stereocenters. The highest BCUT2D eigenvalue weighted by molar-refractivity contribution is 5.54. The number of ether oxygens (including phenoxy) is 4. The van der Waals surface area contributed by atoms with Gasteiger partial charge in [0, 0.05) is 32.0 Å². The minimum atomic E-state index is -0.755. The van der Waals surface area contributed by atoms with Crippen LogP contribution >= 0.6 is 0 Å². The summed E-state index contributed by atoms with van der Waals surface area (Å²) in [6, 6.07) is 0. The first-order valence-corrected chi connectivity index (χ1v) is 12.0. The standard InChI is InChI=1S/C26H40O5/c1-18(15-27)21-10-11-22-20-9-8-19-7-6-13-26(30-16-28-4,31-17-29-5)25(19,3)23(20)12-14-24(21,22)2/h8-9,15,18,21-23H,6-7,10-14,16-17H2,1-5H3/t18?,21-,22+,23+,24-,25+/m1/s1. The number of carbonyl (C=O) groups excluding carboxylic acids is 1. The smallest absolute Gasteiger partial charge is 0.183 e. The van der Waals surface area contributed by atoms with Crippen LogP contribution in [0.25, 0.3) is 0 Å². The summed E-state index contributed by atoms with van der Waals surface area (Å²) in [6.45, 7) is 7.31. The zero-order chi connectivity index (χ0) is 22.3. The normalized spacial score (nSPS) is 39.6. The fourth-order valence-corrected chi connectivity index (χ4v) is 7.86. The molecule has 31 heavy (non-hydrogen) atoms. The van der Waals surface area contributed by atoms with E-state index in [0.717, 1.165) is 38.5 Å². The van der Waals surface area contributed by atoms with E-state index in [4.69, 9.17) is 18.9 Å². The zero-order valence-electron chi connectivity index (χ0n) is 19.9. The third kappa shape index (κ3) is 3.38. The van der Waals surface area contributed by atoms with Crippen molar-refractivity contribution in [3.63, 3.8) is 0 Å². The van der Waals surface area contributed by atoms with Crippen LogP contribution in [-0.4, -0.2) is 39.9 Å². The predicted molar refractivity (Wildman–Crippen MR) is 119 cm³/mol. The largest absolute Gasteiger partial charge is 0.359 e. The lowest BCUT2D eigenvalue weighted by atomic mass is 9.48. The lowest BCUT2D eigenvalue weighted by molar-refractivity contribution is -0.348. The zero-order valence-corrected chi connectivity index (χ0v) is 19.9. The Labute approximate surface area is 187 Å². The van der Waals surface area contributed by atoms with Gasteiger partial charge in [-0.2, -0.15) is 0 Å². The molecule has 4 rings (SSSR count). The van der Waals surface area contributed by atoms with Crippen molar-refractivity contribution in [3.05, 3.63) is 23.3 Å². The molecular weight excluding hydrogens is 392 g/mol. The Morgan fingerprint density at radius 2 is 1.74 bits per heavy atom. The topological polar surface area (TPSA) is 54.0 Å². The van der Waals surface area contributed by atoms with E-state index in [0.29, 0.717) is 17.8 Å². The average Bonchev–Trinajstić information content (AvgIpc) is 3.13. The van der Waals surface area contributed by atoms with Crippen molar-refractivity contribution in [3.8, 4) is 0 Å². The molecule has 0 aromatic carbocycles.